The predicted molar refractivity (Wildman–Crippen MR) is 58.1 cm³/mol. The minimum absolute atomic E-state index is 0.193. The number of pyridine rings is 1. The number of carbonyl (C=O) groups is 1. The average molecular weight is 240 g/mol. The zero-order valence-electron chi connectivity index (χ0n) is 8.08. The van der Waals surface area contributed by atoms with Crippen molar-refractivity contribution in [2.24, 2.45) is 0 Å². The lowest BCUT2D eigenvalue weighted by molar-refractivity contribution is -0.136. The molecule has 0 aliphatic carbocycles. The van der Waals surface area contributed by atoms with E-state index >= 15 is 0 Å². The molecule has 0 amide bonds. The lowest BCUT2D eigenvalue weighted by atomic mass is 10.1. The summed E-state index contributed by atoms with van der Waals surface area (Å²) in [5.74, 6) is -1.54. The monoisotopic (exact) mass is 239 g/mol. The molecule has 1 heterocycles. The topological polar surface area (TPSA) is 50.2 Å². The Balaban J connectivity index is 2.60. The van der Waals surface area contributed by atoms with Gasteiger partial charge in [0.05, 0.1) is 11.4 Å². The molecule has 0 unspecified atom stereocenters. The first-order chi connectivity index (χ1) is 7.56. The summed E-state index contributed by atoms with van der Waals surface area (Å²) < 4.78 is 13.5. The van der Waals surface area contributed by atoms with Gasteiger partial charge in [0.15, 0.2) is 0 Å². The molecule has 0 bridgehead atoms. The van der Waals surface area contributed by atoms with Crippen LogP contribution in [0.15, 0.2) is 24.4 Å². The molecule has 1 aromatic heterocycles. The van der Waals surface area contributed by atoms with Gasteiger partial charge in [-0.05, 0) is 23.8 Å². The van der Waals surface area contributed by atoms with Crippen LogP contribution in [0.5, 0.6) is 0 Å². The normalized spacial score (nSPS) is 10.6. The van der Waals surface area contributed by atoms with Gasteiger partial charge in [-0.2, -0.15) is 0 Å². The van der Waals surface area contributed by atoms with E-state index in [-0.39, 0.29) is 11.9 Å². The molecule has 0 saturated carbocycles. The summed E-state index contributed by atoms with van der Waals surface area (Å²) in [6.45, 7) is 0. The number of nitrogens with zero attached hydrogens (tertiary/aromatic N) is 1. The van der Waals surface area contributed by atoms with Crippen LogP contribution in [0, 0.1) is 5.82 Å². The molecule has 3 nitrogen and oxygen atoms in total. The van der Waals surface area contributed by atoms with Crippen molar-refractivity contribution in [3.05, 3.63) is 40.8 Å². The largest absolute Gasteiger partial charge is 0.481 e. The number of aromatic nitrogens is 1. The van der Waals surface area contributed by atoms with Gasteiger partial charge in [0, 0.05) is 11.6 Å². The van der Waals surface area contributed by atoms with E-state index in [1.165, 1.54) is 12.3 Å². The third-order valence-corrected chi connectivity index (χ3v) is 2.33. The summed E-state index contributed by atoms with van der Waals surface area (Å²) in [6, 6.07) is 4.31. The second-order valence-corrected chi connectivity index (χ2v) is 3.81. The standard InChI is InChI=1S/C11H7ClFNO2/c12-8-4-7-1-6(3-10(15)16)2-9(13)11(7)14-5-8/h1-2,4-5H,3H2,(H,15,16). The van der Waals surface area contributed by atoms with Crippen molar-refractivity contribution in [3.8, 4) is 0 Å². The van der Waals surface area contributed by atoms with Crippen LogP contribution in [-0.4, -0.2) is 16.1 Å². The van der Waals surface area contributed by atoms with E-state index in [1.54, 1.807) is 12.1 Å². The highest BCUT2D eigenvalue weighted by atomic mass is 35.5. The quantitative estimate of drug-likeness (QED) is 0.877. The highest BCUT2D eigenvalue weighted by molar-refractivity contribution is 6.31. The Morgan fingerprint density at radius 3 is 2.88 bits per heavy atom. The Bertz CT molecular complexity index is 571. The number of hydrogen-bond donors (Lipinski definition) is 1. The molecule has 0 fully saturated rings. The zero-order valence-corrected chi connectivity index (χ0v) is 8.83. The average Bonchev–Trinajstić information content (AvgIpc) is 2.15. The van der Waals surface area contributed by atoms with Crippen LogP contribution in [0.25, 0.3) is 10.9 Å². The number of carboxylic acid groups (broad SMARTS) is 1. The molecular formula is C11H7ClFNO2. The molecule has 0 aliphatic rings. The smallest absolute Gasteiger partial charge is 0.307 e. The van der Waals surface area contributed by atoms with E-state index in [2.05, 4.69) is 4.98 Å². The molecule has 0 aliphatic heterocycles. The maximum absolute atomic E-state index is 13.5. The first kappa shape index (κ1) is 10.8. The first-order valence-corrected chi connectivity index (χ1v) is 4.89. The summed E-state index contributed by atoms with van der Waals surface area (Å²) in [4.78, 5) is 14.4. The van der Waals surface area contributed by atoms with Crippen LogP contribution in [0.2, 0.25) is 5.02 Å². The molecule has 82 valence electrons. The van der Waals surface area contributed by atoms with E-state index in [1.807, 2.05) is 0 Å². The fourth-order valence-corrected chi connectivity index (χ4v) is 1.68. The van der Waals surface area contributed by atoms with Crippen molar-refractivity contribution in [2.45, 2.75) is 6.42 Å². The van der Waals surface area contributed by atoms with E-state index in [9.17, 15) is 9.18 Å². The molecule has 5 heteroatoms. The summed E-state index contributed by atoms with van der Waals surface area (Å²) >= 11 is 5.73. The van der Waals surface area contributed by atoms with Crippen LogP contribution in [0.4, 0.5) is 4.39 Å². The Morgan fingerprint density at radius 1 is 1.44 bits per heavy atom. The molecule has 0 radical (unpaired) electrons. The number of rotatable bonds is 2. The zero-order chi connectivity index (χ0) is 11.7. The lowest BCUT2D eigenvalue weighted by Gasteiger charge is -2.03. The van der Waals surface area contributed by atoms with Crippen LogP contribution in [0.1, 0.15) is 5.56 Å². The number of benzene rings is 1. The number of halogens is 2. The Labute approximate surface area is 95.5 Å². The maximum Gasteiger partial charge on any atom is 0.307 e. The summed E-state index contributed by atoms with van der Waals surface area (Å²) in [5, 5.41) is 9.51. The minimum atomic E-state index is -1.01. The van der Waals surface area contributed by atoms with Crippen LogP contribution < -0.4 is 0 Å². The van der Waals surface area contributed by atoms with Crippen molar-refractivity contribution >= 4 is 28.5 Å². The van der Waals surface area contributed by atoms with E-state index in [0.29, 0.717) is 16.0 Å². The second-order valence-electron chi connectivity index (χ2n) is 3.37. The van der Waals surface area contributed by atoms with Gasteiger partial charge in [0.1, 0.15) is 11.3 Å². The van der Waals surface area contributed by atoms with Gasteiger partial charge in [-0.15, -0.1) is 0 Å². The highest BCUT2D eigenvalue weighted by Crippen LogP contribution is 2.21. The summed E-state index contributed by atoms with van der Waals surface area (Å²) in [7, 11) is 0. The Kier molecular flexibility index (Phi) is 2.75. The molecule has 0 spiro atoms. The van der Waals surface area contributed by atoms with Gasteiger partial charge in [-0.1, -0.05) is 11.6 Å². The van der Waals surface area contributed by atoms with Gasteiger partial charge in [-0.3, -0.25) is 9.78 Å². The van der Waals surface area contributed by atoms with E-state index in [4.69, 9.17) is 16.7 Å². The van der Waals surface area contributed by atoms with E-state index in [0.717, 1.165) is 0 Å². The number of aliphatic carboxylic acids is 1. The van der Waals surface area contributed by atoms with Crippen molar-refractivity contribution < 1.29 is 14.3 Å². The minimum Gasteiger partial charge on any atom is -0.481 e. The molecular weight excluding hydrogens is 233 g/mol. The van der Waals surface area contributed by atoms with Gasteiger partial charge < -0.3 is 5.11 Å². The number of hydrogen-bond acceptors (Lipinski definition) is 2. The Morgan fingerprint density at radius 2 is 2.19 bits per heavy atom. The van der Waals surface area contributed by atoms with Gasteiger partial charge in [-0.25, -0.2) is 4.39 Å². The van der Waals surface area contributed by atoms with Gasteiger partial charge in [0.2, 0.25) is 0 Å². The first-order valence-electron chi connectivity index (χ1n) is 4.52. The fraction of sp³-hybridized carbons (Fsp3) is 0.0909. The molecule has 0 atom stereocenters. The van der Waals surface area contributed by atoms with Crippen molar-refractivity contribution in [2.75, 3.05) is 0 Å². The van der Waals surface area contributed by atoms with Crippen molar-refractivity contribution in [1.29, 1.82) is 0 Å². The third kappa shape index (κ3) is 2.12. The van der Waals surface area contributed by atoms with Gasteiger partial charge in [0.25, 0.3) is 0 Å². The Hall–Kier alpha value is -1.68. The van der Waals surface area contributed by atoms with Crippen LogP contribution in [0.3, 0.4) is 0 Å². The number of fused-ring (bicyclic) bond motifs is 1. The predicted octanol–water partition coefficient (Wildman–Crippen LogP) is 2.65. The third-order valence-electron chi connectivity index (χ3n) is 2.12. The summed E-state index contributed by atoms with van der Waals surface area (Å²) in [6.07, 6.45) is 1.13. The molecule has 0 saturated heterocycles. The molecule has 2 aromatic rings. The van der Waals surface area contributed by atoms with Crippen LogP contribution >= 0.6 is 11.6 Å². The van der Waals surface area contributed by atoms with Crippen molar-refractivity contribution in [3.63, 3.8) is 0 Å². The fourth-order valence-electron chi connectivity index (χ4n) is 1.51. The van der Waals surface area contributed by atoms with Crippen molar-refractivity contribution in [1.82, 2.24) is 4.98 Å². The lowest BCUT2D eigenvalue weighted by Crippen LogP contribution is -2.00. The molecule has 2 rings (SSSR count). The highest BCUT2D eigenvalue weighted by Gasteiger charge is 2.08. The molecule has 1 N–H and O–H groups in total. The second kappa shape index (κ2) is 4.06. The summed E-state index contributed by atoms with van der Waals surface area (Å²) in [5.41, 5.74) is 0.583. The van der Waals surface area contributed by atoms with Gasteiger partial charge >= 0.3 is 5.97 Å². The SMILES string of the molecule is O=C(O)Cc1cc(F)c2ncc(Cl)cc2c1. The molecule has 1 aromatic carbocycles. The van der Waals surface area contributed by atoms with E-state index < -0.39 is 11.8 Å². The number of carboxylic acids is 1. The molecule has 16 heavy (non-hydrogen) atoms. The maximum atomic E-state index is 13.5. The van der Waals surface area contributed by atoms with Crippen LogP contribution in [-0.2, 0) is 11.2 Å².